The molecule has 0 aliphatic heterocycles. The lowest BCUT2D eigenvalue weighted by molar-refractivity contribution is 0.0534. The molecule has 0 spiro atoms. The van der Waals surface area contributed by atoms with E-state index in [0.29, 0.717) is 38.5 Å². The number of rotatable bonds is 17. The van der Waals surface area contributed by atoms with Crippen LogP contribution in [0.25, 0.3) is 44.8 Å². The SMILES string of the molecule is CC(C)(C)OC(=O)NC(=N[C@@H]1CCC[C@H](Nc2nc(Cl)ncc2F)C1)NC(=O)OC(C)(C)C.Cc1ccc(S(=O)(=O)n2cc(-c3ncc(F)c(N[C@H]4CCC[C@@H](N=C(N)N)C4)n3)c3cc(F)cnc32)cc1.Cc1ccc(S(=O)(=O)n2cc(-c3ncc(F)c(N[C@H]4CCC[C@@H](N=C(N)NC(=O)OC(C)(C)C)C4)n3)c3cc(F)cnc32)cc1.N[C@@H]1CCC[C@H](Nc2nc(Cl)ncc2F)C1. The van der Waals surface area contributed by atoms with E-state index < -0.39 is 90.0 Å². The molecular weight excluding hydrogens is 1810 g/mol. The number of ether oxygens (including phenoxy) is 3. The van der Waals surface area contributed by atoms with Gasteiger partial charge in [-0.1, -0.05) is 35.4 Å². The van der Waals surface area contributed by atoms with Crippen LogP contribution in [0.15, 0.2) is 135 Å². The predicted molar refractivity (Wildman–Crippen MR) is 489 cm³/mol. The number of alkyl carbamates (subject to hydrolysis) is 3. The maximum Gasteiger partial charge on any atom is 0.414 e. The normalized spacial score (nSPS) is 18.9. The standard InChI is InChI=1S/C30H34F2N8O4S.C25H26F2N8O2S.C21H32ClFN6O4.C10H14ClFN4/c1-17-8-10-21(11-9-17)45(42,43)40-16-23(22-12-18(31)14-35-27(22)40)25-34-15-24(32)26(38-25)36-19-6-5-7-20(13-19)37-28(33)39-29(41)44-30(2,3)4;1-14-5-7-18(8-6-14)38(36,37)35-13-20(19-9-15(26)11-31-24(19)35)22-30-12-21(27)23(34-22)32-16-3-2-4-17(10-16)33-25(28)29;1-20(2,3)32-18(30)28-17(29-19(31)33-21(4,5)6)26-13-9-7-8-12(10-13)25-15-14(23)11-24-16(22)27-15;11-10-14-5-8(12)9(16-10)15-7-3-1-2-6(13)4-7/h8-12,14-16,19-20H,5-7,13H2,1-4H3,(H,34,36,38)(H3,33,37,39,41);5-9,11-13,16-17H,2-4,10H2,1H3,(H4,28,29,33)(H,30,32,34);11-13H,7-10H2,1-6H3,(H,24,25,27)(H2,26,28,29,30,31);5-7H,1-4,13H2,(H,14,15,16)/t19-,20+;16-,17+;12-,13+;6-,7+/m0001/s1. The molecule has 0 unspecified atom stereocenters. The Morgan fingerprint density at radius 2 is 0.773 bits per heavy atom. The van der Waals surface area contributed by atoms with E-state index in [1.165, 1.54) is 36.7 Å². The number of aromatic nitrogens is 12. The van der Waals surface area contributed by atoms with Crippen LogP contribution in [0.2, 0.25) is 10.6 Å². The number of nitrogens with one attached hydrogen (secondary N) is 7. The molecule has 10 aromatic rings. The summed E-state index contributed by atoms with van der Waals surface area (Å²) in [4.78, 5) is 89.6. The van der Waals surface area contributed by atoms with Crippen LogP contribution >= 0.6 is 23.2 Å². The van der Waals surface area contributed by atoms with Gasteiger partial charge in [0.25, 0.3) is 20.0 Å². The molecule has 0 radical (unpaired) electrons. The molecular formula is C86H106Cl2F6N26O10S2. The van der Waals surface area contributed by atoms with Crippen LogP contribution in [-0.2, 0) is 34.3 Å². The molecule has 2 aromatic carbocycles. The van der Waals surface area contributed by atoms with Gasteiger partial charge in [-0.05, 0) is 238 Å². The number of carbonyl (C=O) groups excluding carboxylic acids is 3. The Balaban J connectivity index is 0.000000178. The van der Waals surface area contributed by atoms with Gasteiger partial charge in [0, 0.05) is 64.5 Å². The summed E-state index contributed by atoms with van der Waals surface area (Å²) in [5.41, 5.74) is 22.7. The third-order valence-corrected chi connectivity index (χ3v) is 24.3. The van der Waals surface area contributed by atoms with Gasteiger partial charge in [0.1, 0.15) is 28.4 Å². The van der Waals surface area contributed by atoms with Crippen molar-refractivity contribution >= 4 is 125 Å². The predicted octanol–water partition coefficient (Wildman–Crippen LogP) is 14.5. The zero-order chi connectivity index (χ0) is 95.9. The van der Waals surface area contributed by atoms with E-state index in [9.17, 15) is 57.6 Å². The van der Waals surface area contributed by atoms with Gasteiger partial charge < -0.3 is 58.4 Å². The quantitative estimate of drug-likeness (QED) is 0.0133. The topological polar surface area (TPSA) is 511 Å². The number of nitrogens with two attached hydrogens (primary N) is 4. The van der Waals surface area contributed by atoms with Crippen molar-refractivity contribution in [3.8, 4) is 22.8 Å². The fourth-order valence-corrected chi connectivity index (χ4v) is 17.8. The van der Waals surface area contributed by atoms with E-state index in [2.05, 4.69) is 102 Å². The third-order valence-electron chi connectivity index (χ3n) is 20.6. The average Bonchev–Trinajstić information content (AvgIpc) is 1.60. The first kappa shape index (κ1) is 100. The van der Waals surface area contributed by atoms with E-state index in [1.807, 2.05) is 13.8 Å². The number of halogens is 8. The van der Waals surface area contributed by atoms with Crippen LogP contribution < -0.4 is 60.2 Å². The highest BCUT2D eigenvalue weighted by Gasteiger charge is 2.33. The summed E-state index contributed by atoms with van der Waals surface area (Å²) in [7, 11) is -8.21. The number of nitrogens with zero attached hydrogens (tertiary/aromatic N) is 15. The summed E-state index contributed by atoms with van der Waals surface area (Å²) in [6, 6.07) is 14.1. The Bertz CT molecular complexity index is 6090. The molecule has 36 nitrogen and oxygen atoms in total. The van der Waals surface area contributed by atoms with Crippen LogP contribution in [-0.4, -0.2) is 176 Å². The van der Waals surface area contributed by atoms with Crippen molar-refractivity contribution in [2.24, 2.45) is 37.9 Å². The van der Waals surface area contributed by atoms with E-state index in [4.69, 9.17) is 60.3 Å². The lowest BCUT2D eigenvalue weighted by Gasteiger charge is -2.29. The highest BCUT2D eigenvalue weighted by atomic mass is 35.5. The second-order valence-corrected chi connectivity index (χ2v) is 39.3. The Kier molecular flexibility index (Phi) is 32.8. The van der Waals surface area contributed by atoms with Gasteiger partial charge in [0.2, 0.25) is 16.5 Å². The molecule has 4 saturated carbocycles. The van der Waals surface area contributed by atoms with Crippen molar-refractivity contribution < 1.29 is 71.8 Å². The van der Waals surface area contributed by atoms with Gasteiger partial charge in [-0.3, -0.25) is 20.9 Å². The smallest absolute Gasteiger partial charge is 0.414 e. The first-order valence-corrected chi connectivity index (χ1v) is 46.0. The number of aliphatic imine (C=N–C) groups is 3. The third kappa shape index (κ3) is 28.6. The summed E-state index contributed by atoms with van der Waals surface area (Å²) < 4.78 is 157. The molecule has 0 bridgehead atoms. The monoisotopic (exact) mass is 1910 g/mol. The minimum absolute atomic E-state index is 0.00299. The van der Waals surface area contributed by atoms with Crippen molar-refractivity contribution in [3.05, 3.63) is 167 Å². The van der Waals surface area contributed by atoms with Crippen LogP contribution in [0.1, 0.15) is 176 Å². The number of guanidine groups is 3. The van der Waals surface area contributed by atoms with E-state index >= 15 is 0 Å². The molecule has 8 aromatic heterocycles. The Labute approximate surface area is 768 Å². The fraction of sp³-hybridized carbons (Fsp3) is 0.442. The summed E-state index contributed by atoms with van der Waals surface area (Å²) in [6.07, 6.45) is 18.5. The second kappa shape index (κ2) is 43.3. The number of fused-ring (bicyclic) bond motifs is 2. The van der Waals surface area contributed by atoms with Crippen molar-refractivity contribution in [2.45, 2.75) is 254 Å². The van der Waals surface area contributed by atoms with Crippen molar-refractivity contribution in [3.63, 3.8) is 0 Å². The lowest BCUT2D eigenvalue weighted by Crippen LogP contribution is -2.48. The number of benzene rings is 2. The molecule has 15 N–H and O–H groups in total. The molecule has 4 aliphatic carbocycles. The maximum absolute atomic E-state index is 15.0. The van der Waals surface area contributed by atoms with E-state index in [0.717, 1.165) is 133 Å². The second-order valence-electron chi connectivity index (χ2n) is 35.0. The number of hydrogen-bond donors (Lipinski definition) is 11. The molecule has 46 heteroatoms. The van der Waals surface area contributed by atoms with E-state index in [1.54, 1.807) is 86.6 Å². The summed E-state index contributed by atoms with van der Waals surface area (Å²) >= 11 is 11.4. The molecule has 4 fully saturated rings. The van der Waals surface area contributed by atoms with Crippen LogP contribution in [0.3, 0.4) is 0 Å². The zero-order valence-electron chi connectivity index (χ0n) is 74.3. The Morgan fingerprint density at radius 3 is 1.14 bits per heavy atom. The lowest BCUT2D eigenvalue weighted by atomic mass is 9.91. The van der Waals surface area contributed by atoms with Gasteiger partial charge in [-0.15, -0.1) is 0 Å². The number of aryl methyl sites for hydroxylation is 2. The first-order valence-electron chi connectivity index (χ1n) is 42.4. The number of hydrogen-bond acceptors (Lipinski definition) is 28. The Morgan fingerprint density at radius 1 is 0.439 bits per heavy atom. The molecule has 0 saturated heterocycles. The molecule has 14 rings (SSSR count). The minimum atomic E-state index is -4.13. The van der Waals surface area contributed by atoms with Crippen molar-refractivity contribution in [1.29, 1.82) is 0 Å². The highest BCUT2D eigenvalue weighted by molar-refractivity contribution is 7.90. The average molecular weight is 1910 g/mol. The highest BCUT2D eigenvalue weighted by Crippen LogP contribution is 2.37. The fourth-order valence-electron chi connectivity index (χ4n) is 14.9. The molecule has 3 amide bonds. The number of amides is 3. The van der Waals surface area contributed by atoms with Crippen LogP contribution in [0.4, 0.5) is 64.0 Å². The molecule has 8 atom stereocenters. The zero-order valence-corrected chi connectivity index (χ0v) is 77.4. The summed E-state index contributed by atoms with van der Waals surface area (Å²) in [6.45, 7) is 19.2. The summed E-state index contributed by atoms with van der Waals surface area (Å²) in [5.74, 6) is -4.01. The first-order chi connectivity index (χ1) is 62.1. The molecule has 4 aliphatic rings. The largest absolute Gasteiger partial charge is 0.444 e. The summed E-state index contributed by atoms with van der Waals surface area (Å²) in [5, 5.41) is 19.9. The van der Waals surface area contributed by atoms with Crippen LogP contribution in [0.5, 0.6) is 0 Å². The number of pyridine rings is 2. The molecule has 132 heavy (non-hydrogen) atoms. The van der Waals surface area contributed by atoms with Gasteiger partial charge in [0.05, 0.1) is 65.1 Å². The van der Waals surface area contributed by atoms with E-state index in [-0.39, 0.29) is 155 Å². The number of anilines is 4. The Hall–Kier alpha value is -12.4. The minimum Gasteiger partial charge on any atom is -0.444 e. The van der Waals surface area contributed by atoms with Gasteiger partial charge in [0.15, 0.2) is 81.4 Å². The number of carbonyl (C=O) groups is 3. The van der Waals surface area contributed by atoms with Gasteiger partial charge in [-0.2, -0.15) is 9.97 Å². The van der Waals surface area contributed by atoms with Crippen LogP contribution in [0, 0.1) is 48.8 Å². The van der Waals surface area contributed by atoms with Crippen molar-refractivity contribution in [2.75, 3.05) is 21.3 Å². The van der Waals surface area contributed by atoms with Gasteiger partial charge >= 0.3 is 18.3 Å². The molecule has 8 heterocycles. The van der Waals surface area contributed by atoms with Gasteiger partial charge in [-0.25, -0.2) is 115 Å². The maximum atomic E-state index is 15.0. The van der Waals surface area contributed by atoms with Crippen molar-refractivity contribution in [1.82, 2.24) is 73.7 Å². The molecule has 708 valence electrons.